The summed E-state index contributed by atoms with van der Waals surface area (Å²) in [7, 11) is 0. The molecule has 2 aliphatic rings. The van der Waals surface area contributed by atoms with Crippen LogP contribution >= 0.6 is 0 Å². The van der Waals surface area contributed by atoms with Gasteiger partial charge in [-0.05, 0) is 52.1 Å². The molecule has 0 bridgehead atoms. The first-order valence-electron chi connectivity index (χ1n) is 8.79. The molecule has 0 radical (unpaired) electrons. The van der Waals surface area contributed by atoms with Crippen molar-refractivity contribution in [3.63, 3.8) is 0 Å². The van der Waals surface area contributed by atoms with E-state index in [1.165, 1.54) is 44.9 Å². The summed E-state index contributed by atoms with van der Waals surface area (Å²) < 4.78 is 5.48. The summed E-state index contributed by atoms with van der Waals surface area (Å²) in [6.45, 7) is 6.87. The fourth-order valence-electron chi connectivity index (χ4n) is 3.84. The number of piperidine rings is 1. The van der Waals surface area contributed by atoms with Crippen molar-refractivity contribution in [2.75, 3.05) is 13.1 Å². The normalized spacial score (nSPS) is 22.4. The van der Waals surface area contributed by atoms with Crippen LogP contribution in [-0.2, 0) is 6.42 Å². The van der Waals surface area contributed by atoms with E-state index in [4.69, 9.17) is 4.52 Å². The van der Waals surface area contributed by atoms with E-state index < -0.39 is 0 Å². The van der Waals surface area contributed by atoms with E-state index >= 15 is 0 Å². The lowest BCUT2D eigenvalue weighted by atomic mass is 9.95. The number of rotatable bonds is 5. The molecule has 1 aliphatic carbocycles. The van der Waals surface area contributed by atoms with Crippen LogP contribution < -0.4 is 0 Å². The van der Waals surface area contributed by atoms with Gasteiger partial charge in [-0.1, -0.05) is 30.8 Å². The molecule has 0 spiro atoms. The summed E-state index contributed by atoms with van der Waals surface area (Å²) in [5, 5.41) is 4.25. The average molecular weight is 291 g/mol. The van der Waals surface area contributed by atoms with E-state index in [0.29, 0.717) is 12.0 Å². The molecule has 0 aromatic carbocycles. The van der Waals surface area contributed by atoms with Gasteiger partial charge in [-0.25, -0.2) is 0 Å². The van der Waals surface area contributed by atoms with E-state index in [-0.39, 0.29) is 0 Å². The fourth-order valence-corrected chi connectivity index (χ4v) is 3.84. The number of likely N-dealkylation sites (tertiary alicyclic amines) is 1. The van der Waals surface area contributed by atoms with Crippen LogP contribution in [0.4, 0.5) is 0 Å². The highest BCUT2D eigenvalue weighted by Crippen LogP contribution is 2.30. The van der Waals surface area contributed by atoms with E-state index in [0.717, 1.165) is 37.1 Å². The maximum atomic E-state index is 5.48. The molecular weight excluding hydrogens is 262 g/mol. The van der Waals surface area contributed by atoms with E-state index in [1.54, 1.807) is 0 Å². The first kappa shape index (κ1) is 15.0. The molecule has 0 atom stereocenters. The number of aromatic nitrogens is 2. The highest BCUT2D eigenvalue weighted by molar-refractivity contribution is 4.98. The SMILES string of the molecule is CC(C)N1CCC(c2noc(CCC3CCCC3)n2)CC1. The van der Waals surface area contributed by atoms with Crippen LogP contribution in [0.2, 0.25) is 0 Å². The molecule has 1 aliphatic heterocycles. The Bertz CT molecular complexity index is 429. The van der Waals surface area contributed by atoms with Crippen molar-refractivity contribution in [1.29, 1.82) is 0 Å². The van der Waals surface area contributed by atoms with E-state index in [2.05, 4.69) is 28.9 Å². The van der Waals surface area contributed by atoms with Crippen LogP contribution in [0.25, 0.3) is 0 Å². The van der Waals surface area contributed by atoms with Gasteiger partial charge < -0.3 is 9.42 Å². The largest absolute Gasteiger partial charge is 0.339 e. The number of aryl methyl sites for hydroxylation is 1. The molecule has 21 heavy (non-hydrogen) atoms. The molecule has 1 saturated heterocycles. The van der Waals surface area contributed by atoms with Crippen LogP contribution in [0, 0.1) is 5.92 Å². The van der Waals surface area contributed by atoms with Gasteiger partial charge >= 0.3 is 0 Å². The highest BCUT2D eigenvalue weighted by atomic mass is 16.5. The third-order valence-electron chi connectivity index (χ3n) is 5.35. The van der Waals surface area contributed by atoms with Gasteiger partial charge in [0.25, 0.3) is 0 Å². The van der Waals surface area contributed by atoms with Crippen LogP contribution in [0.3, 0.4) is 0 Å². The third kappa shape index (κ3) is 3.85. The maximum absolute atomic E-state index is 5.48. The Morgan fingerprint density at radius 1 is 1.14 bits per heavy atom. The molecule has 1 saturated carbocycles. The smallest absolute Gasteiger partial charge is 0.226 e. The monoisotopic (exact) mass is 291 g/mol. The van der Waals surface area contributed by atoms with Crippen molar-refractivity contribution in [2.45, 2.75) is 77.2 Å². The predicted octanol–water partition coefficient (Wildman–Crippen LogP) is 3.78. The van der Waals surface area contributed by atoms with Gasteiger partial charge in [0.15, 0.2) is 5.82 Å². The van der Waals surface area contributed by atoms with Crippen LogP contribution in [0.15, 0.2) is 4.52 Å². The van der Waals surface area contributed by atoms with Gasteiger partial charge in [-0.15, -0.1) is 0 Å². The molecular formula is C17H29N3O. The van der Waals surface area contributed by atoms with Crippen molar-refractivity contribution >= 4 is 0 Å². The summed E-state index contributed by atoms with van der Waals surface area (Å²) in [6, 6.07) is 0.651. The molecule has 4 nitrogen and oxygen atoms in total. The molecule has 118 valence electrons. The van der Waals surface area contributed by atoms with E-state index in [1.807, 2.05) is 0 Å². The molecule has 0 N–H and O–H groups in total. The lowest BCUT2D eigenvalue weighted by Crippen LogP contribution is -2.38. The van der Waals surface area contributed by atoms with Gasteiger partial charge in [0.05, 0.1) is 0 Å². The van der Waals surface area contributed by atoms with E-state index in [9.17, 15) is 0 Å². The lowest BCUT2D eigenvalue weighted by molar-refractivity contribution is 0.168. The molecule has 4 heteroatoms. The number of nitrogens with zero attached hydrogens (tertiary/aromatic N) is 3. The Labute approximate surface area is 128 Å². The second kappa shape index (κ2) is 6.91. The van der Waals surface area contributed by atoms with Gasteiger partial charge in [-0.2, -0.15) is 4.98 Å². The van der Waals surface area contributed by atoms with Gasteiger partial charge in [-0.3, -0.25) is 0 Å². The summed E-state index contributed by atoms with van der Waals surface area (Å²) in [6.07, 6.45) is 10.2. The van der Waals surface area contributed by atoms with Crippen LogP contribution in [0.1, 0.15) is 76.4 Å². The van der Waals surface area contributed by atoms with Crippen molar-refractivity contribution in [3.8, 4) is 0 Å². The fraction of sp³-hybridized carbons (Fsp3) is 0.882. The first-order valence-corrected chi connectivity index (χ1v) is 8.79. The minimum absolute atomic E-state index is 0.504. The summed E-state index contributed by atoms with van der Waals surface area (Å²) >= 11 is 0. The minimum Gasteiger partial charge on any atom is -0.339 e. The first-order chi connectivity index (χ1) is 10.2. The molecule has 0 unspecified atom stereocenters. The van der Waals surface area contributed by atoms with Gasteiger partial charge in [0.2, 0.25) is 5.89 Å². The van der Waals surface area contributed by atoms with Crippen molar-refractivity contribution in [3.05, 3.63) is 11.7 Å². The highest BCUT2D eigenvalue weighted by Gasteiger charge is 2.25. The lowest BCUT2D eigenvalue weighted by Gasteiger charge is -2.33. The van der Waals surface area contributed by atoms with Crippen molar-refractivity contribution in [1.82, 2.24) is 15.0 Å². The molecule has 1 aromatic heterocycles. The second-order valence-electron chi connectivity index (χ2n) is 7.14. The molecule has 2 fully saturated rings. The van der Waals surface area contributed by atoms with Gasteiger partial charge in [0, 0.05) is 18.4 Å². The minimum atomic E-state index is 0.504. The Kier molecular flexibility index (Phi) is 4.94. The Morgan fingerprint density at radius 3 is 2.52 bits per heavy atom. The average Bonchev–Trinajstić information content (AvgIpc) is 3.17. The van der Waals surface area contributed by atoms with Crippen LogP contribution in [-0.4, -0.2) is 34.2 Å². The Balaban J connectivity index is 1.48. The standard InChI is InChI=1S/C17H29N3O/c1-13(2)20-11-9-15(10-12-20)17-18-16(21-19-17)8-7-14-5-3-4-6-14/h13-15H,3-12H2,1-2H3. The molecule has 3 rings (SSSR count). The maximum Gasteiger partial charge on any atom is 0.226 e. The summed E-state index contributed by atoms with van der Waals surface area (Å²) in [4.78, 5) is 7.21. The zero-order valence-electron chi connectivity index (χ0n) is 13.6. The molecule has 1 aromatic rings. The van der Waals surface area contributed by atoms with Gasteiger partial charge in [0.1, 0.15) is 0 Å². The van der Waals surface area contributed by atoms with Crippen molar-refractivity contribution < 1.29 is 4.52 Å². The molecule has 2 heterocycles. The Morgan fingerprint density at radius 2 is 1.86 bits per heavy atom. The quantitative estimate of drug-likeness (QED) is 0.828. The number of hydrogen-bond donors (Lipinski definition) is 0. The summed E-state index contributed by atoms with van der Waals surface area (Å²) in [5.74, 6) is 3.22. The Hall–Kier alpha value is -0.900. The topological polar surface area (TPSA) is 42.2 Å². The zero-order valence-corrected chi connectivity index (χ0v) is 13.6. The predicted molar refractivity (Wildman–Crippen MR) is 83.3 cm³/mol. The van der Waals surface area contributed by atoms with Crippen molar-refractivity contribution in [2.24, 2.45) is 5.92 Å². The zero-order chi connectivity index (χ0) is 14.7. The second-order valence-corrected chi connectivity index (χ2v) is 7.14. The molecule has 0 amide bonds. The number of hydrogen-bond acceptors (Lipinski definition) is 4. The van der Waals surface area contributed by atoms with Crippen LogP contribution in [0.5, 0.6) is 0 Å². The summed E-state index contributed by atoms with van der Waals surface area (Å²) in [5.41, 5.74) is 0. The third-order valence-corrected chi connectivity index (χ3v) is 5.35.